The highest BCUT2D eigenvalue weighted by Gasteiger charge is 2.27. The molecule has 0 bridgehead atoms. The van der Waals surface area contributed by atoms with Gasteiger partial charge in [-0.05, 0) is 43.8 Å². The summed E-state index contributed by atoms with van der Waals surface area (Å²) in [5, 5.41) is 8.67. The minimum absolute atomic E-state index is 0.364. The van der Waals surface area contributed by atoms with Gasteiger partial charge in [-0.3, -0.25) is 0 Å². The number of benzene rings is 1. The first kappa shape index (κ1) is 13.7. The van der Waals surface area contributed by atoms with Crippen LogP contribution in [0.25, 0.3) is 5.69 Å². The zero-order valence-electron chi connectivity index (χ0n) is 11.8. The quantitative estimate of drug-likeness (QED) is 0.934. The Morgan fingerprint density at radius 2 is 2.10 bits per heavy atom. The highest BCUT2D eigenvalue weighted by Crippen LogP contribution is 2.35. The van der Waals surface area contributed by atoms with Gasteiger partial charge in [-0.2, -0.15) is 16.9 Å². The Kier molecular flexibility index (Phi) is 4.43. The van der Waals surface area contributed by atoms with Crippen molar-refractivity contribution in [2.45, 2.75) is 30.6 Å². The maximum absolute atomic E-state index is 4.52. The van der Waals surface area contributed by atoms with Crippen LogP contribution in [-0.4, -0.2) is 27.8 Å². The van der Waals surface area contributed by atoms with Crippen molar-refractivity contribution >= 4 is 11.8 Å². The molecule has 20 heavy (non-hydrogen) atoms. The van der Waals surface area contributed by atoms with Crippen molar-refractivity contribution in [3.8, 4) is 5.69 Å². The average molecular weight is 287 g/mol. The first-order valence-corrected chi connectivity index (χ1v) is 8.33. The lowest BCUT2D eigenvalue weighted by Gasteiger charge is -2.30. The second kappa shape index (κ2) is 6.46. The summed E-state index contributed by atoms with van der Waals surface area (Å²) >= 11 is 2.09. The normalized spacial score (nSPS) is 20.8. The van der Waals surface area contributed by atoms with Gasteiger partial charge in [0, 0.05) is 11.4 Å². The molecule has 1 N–H and O–H groups in total. The number of aromatic nitrogens is 2. The van der Waals surface area contributed by atoms with Crippen molar-refractivity contribution in [2.24, 2.45) is 0 Å². The molecule has 1 aromatic heterocycles. The van der Waals surface area contributed by atoms with E-state index in [-0.39, 0.29) is 0 Å². The Balaban J connectivity index is 1.91. The van der Waals surface area contributed by atoms with Crippen LogP contribution in [0.2, 0.25) is 0 Å². The van der Waals surface area contributed by atoms with E-state index in [2.05, 4.69) is 64.2 Å². The molecule has 3 rings (SSSR count). The van der Waals surface area contributed by atoms with Crippen LogP contribution >= 0.6 is 11.8 Å². The molecule has 1 fully saturated rings. The molecule has 3 nitrogen and oxygen atoms in total. The lowest BCUT2D eigenvalue weighted by Crippen LogP contribution is -2.31. The number of thioether (sulfide) groups is 1. The summed E-state index contributed by atoms with van der Waals surface area (Å²) < 4.78 is 2.07. The van der Waals surface area contributed by atoms with Crippen molar-refractivity contribution in [2.75, 3.05) is 12.8 Å². The van der Waals surface area contributed by atoms with E-state index >= 15 is 0 Å². The van der Waals surface area contributed by atoms with Crippen LogP contribution in [0.3, 0.4) is 0 Å². The molecule has 0 amide bonds. The van der Waals surface area contributed by atoms with E-state index in [1.165, 1.54) is 30.7 Å². The fourth-order valence-corrected chi connectivity index (χ4v) is 4.36. The van der Waals surface area contributed by atoms with Crippen LogP contribution < -0.4 is 5.32 Å². The van der Waals surface area contributed by atoms with Gasteiger partial charge in [0.1, 0.15) is 0 Å². The average Bonchev–Trinajstić information content (AvgIpc) is 2.99. The van der Waals surface area contributed by atoms with Gasteiger partial charge in [0.05, 0.1) is 17.4 Å². The molecule has 2 heterocycles. The third-order valence-electron chi connectivity index (χ3n) is 3.89. The van der Waals surface area contributed by atoms with Crippen LogP contribution in [-0.2, 0) is 0 Å². The van der Waals surface area contributed by atoms with Gasteiger partial charge in [-0.15, -0.1) is 0 Å². The fraction of sp³-hybridized carbons (Fsp3) is 0.438. The first-order chi connectivity index (χ1) is 9.90. The molecule has 1 saturated heterocycles. The molecule has 0 spiro atoms. The van der Waals surface area contributed by atoms with Gasteiger partial charge in [0.15, 0.2) is 0 Å². The molecular weight excluding hydrogens is 266 g/mol. The van der Waals surface area contributed by atoms with Gasteiger partial charge in [0.2, 0.25) is 0 Å². The molecule has 2 atom stereocenters. The number of nitrogens with zero attached hydrogens (tertiary/aromatic N) is 2. The summed E-state index contributed by atoms with van der Waals surface area (Å²) in [6.45, 7) is 0. The van der Waals surface area contributed by atoms with Crippen molar-refractivity contribution in [3.63, 3.8) is 0 Å². The second-order valence-corrected chi connectivity index (χ2v) is 6.52. The Morgan fingerprint density at radius 3 is 2.80 bits per heavy atom. The summed E-state index contributed by atoms with van der Waals surface area (Å²) in [6.07, 6.45) is 5.89. The molecule has 4 heteroatoms. The van der Waals surface area contributed by atoms with Gasteiger partial charge in [-0.25, -0.2) is 4.68 Å². The molecule has 1 aliphatic heterocycles. The van der Waals surface area contributed by atoms with Gasteiger partial charge < -0.3 is 5.32 Å². The van der Waals surface area contributed by atoms with Gasteiger partial charge >= 0.3 is 0 Å². The Labute approximate surface area is 124 Å². The Morgan fingerprint density at radius 1 is 1.25 bits per heavy atom. The summed E-state index contributed by atoms with van der Waals surface area (Å²) in [4.78, 5) is 0. The molecule has 0 radical (unpaired) electrons. The molecule has 2 aromatic rings. The number of hydrogen-bond acceptors (Lipinski definition) is 3. The maximum Gasteiger partial charge on any atom is 0.0649 e. The lowest BCUT2D eigenvalue weighted by atomic mass is 10.0. The number of nitrogens with one attached hydrogen (secondary N) is 1. The molecule has 1 aromatic carbocycles. The number of rotatable bonds is 4. The largest absolute Gasteiger partial charge is 0.311 e. The number of para-hydroxylation sites is 1. The molecule has 2 unspecified atom stereocenters. The zero-order chi connectivity index (χ0) is 13.8. The van der Waals surface area contributed by atoms with Gasteiger partial charge in [-0.1, -0.05) is 24.6 Å². The van der Waals surface area contributed by atoms with Crippen molar-refractivity contribution < 1.29 is 0 Å². The lowest BCUT2D eigenvalue weighted by molar-refractivity contribution is 0.495. The third kappa shape index (κ3) is 2.76. The van der Waals surface area contributed by atoms with Crippen LogP contribution in [0.1, 0.15) is 31.0 Å². The first-order valence-electron chi connectivity index (χ1n) is 7.28. The number of hydrogen-bond donors (Lipinski definition) is 1. The highest BCUT2D eigenvalue weighted by molar-refractivity contribution is 8.00. The van der Waals surface area contributed by atoms with Crippen LogP contribution in [0.4, 0.5) is 0 Å². The van der Waals surface area contributed by atoms with E-state index in [0.29, 0.717) is 11.3 Å². The minimum atomic E-state index is 0.364. The van der Waals surface area contributed by atoms with E-state index < -0.39 is 0 Å². The van der Waals surface area contributed by atoms with Crippen LogP contribution in [0, 0.1) is 0 Å². The summed E-state index contributed by atoms with van der Waals surface area (Å²) in [5.74, 6) is 1.28. The Bertz CT molecular complexity index is 532. The van der Waals surface area contributed by atoms with Crippen molar-refractivity contribution in [1.29, 1.82) is 0 Å². The van der Waals surface area contributed by atoms with E-state index in [9.17, 15) is 0 Å². The predicted molar refractivity (Wildman–Crippen MR) is 85.5 cm³/mol. The van der Waals surface area contributed by atoms with E-state index in [1.54, 1.807) is 0 Å². The molecule has 0 saturated carbocycles. The highest BCUT2D eigenvalue weighted by atomic mass is 32.2. The van der Waals surface area contributed by atoms with E-state index in [1.807, 2.05) is 12.3 Å². The maximum atomic E-state index is 4.52. The molecule has 106 valence electrons. The second-order valence-electron chi connectivity index (χ2n) is 5.17. The topological polar surface area (TPSA) is 29.9 Å². The smallest absolute Gasteiger partial charge is 0.0649 e. The van der Waals surface area contributed by atoms with E-state index in [4.69, 9.17) is 0 Å². The van der Waals surface area contributed by atoms with Crippen LogP contribution in [0.15, 0.2) is 42.6 Å². The van der Waals surface area contributed by atoms with Crippen molar-refractivity contribution in [3.05, 3.63) is 48.3 Å². The monoisotopic (exact) mass is 287 g/mol. The molecule has 0 aliphatic carbocycles. The summed E-state index contributed by atoms with van der Waals surface area (Å²) in [6, 6.07) is 12.9. The molecular formula is C16H21N3S. The summed E-state index contributed by atoms with van der Waals surface area (Å²) in [7, 11) is 2.06. The fourth-order valence-electron chi connectivity index (χ4n) is 2.89. The summed E-state index contributed by atoms with van der Waals surface area (Å²) in [5.41, 5.74) is 2.40. The zero-order valence-corrected chi connectivity index (χ0v) is 12.6. The SMILES string of the molecule is CNC(c1ccnn1-c1ccccc1)C1CCCCS1. The van der Waals surface area contributed by atoms with Gasteiger partial charge in [0.25, 0.3) is 0 Å². The Hall–Kier alpha value is -1.26. The third-order valence-corrected chi connectivity index (χ3v) is 5.35. The molecule has 1 aliphatic rings. The van der Waals surface area contributed by atoms with E-state index in [0.717, 1.165) is 5.69 Å². The minimum Gasteiger partial charge on any atom is -0.311 e. The predicted octanol–water partition coefficient (Wildman–Crippen LogP) is 3.42. The van der Waals surface area contributed by atoms with Crippen LogP contribution in [0.5, 0.6) is 0 Å². The standard InChI is InChI=1S/C16H21N3S/c1-17-16(15-9-5-6-12-20-15)14-10-11-18-19(14)13-7-3-2-4-8-13/h2-4,7-8,10-11,15-17H,5-6,9,12H2,1H3. The van der Waals surface area contributed by atoms with Crippen molar-refractivity contribution in [1.82, 2.24) is 15.1 Å².